The molecule has 1 aromatic carbocycles. The minimum Gasteiger partial charge on any atom is -0.494 e. The highest BCUT2D eigenvalue weighted by atomic mass is 79.9. The summed E-state index contributed by atoms with van der Waals surface area (Å²) < 4.78 is 7.09. The second-order valence-electron chi connectivity index (χ2n) is 3.51. The lowest BCUT2D eigenvalue weighted by Crippen LogP contribution is -2.00. The molecular weight excluding hydrogens is 380 g/mol. The lowest BCUT2D eigenvalue weighted by Gasteiger charge is -2.06. The molecule has 0 atom stereocenters. The lowest BCUT2D eigenvalue weighted by molar-refractivity contribution is 0.104. The smallest absolute Gasteiger partial charge is 0.204 e. The van der Waals surface area contributed by atoms with Crippen molar-refractivity contribution in [3.05, 3.63) is 49.0 Å². The van der Waals surface area contributed by atoms with Gasteiger partial charge in [-0.05, 0) is 69.1 Å². The van der Waals surface area contributed by atoms with E-state index in [1.165, 1.54) is 11.3 Å². The summed E-state index contributed by atoms with van der Waals surface area (Å²) in [4.78, 5) is 13.0. The molecule has 0 unspecified atom stereocenters. The number of hydrogen-bond acceptors (Lipinski definition) is 3. The average molecular weight is 390 g/mol. The maximum atomic E-state index is 12.3. The predicted molar refractivity (Wildman–Crippen MR) is 80.8 cm³/mol. The van der Waals surface area contributed by atoms with E-state index in [-0.39, 0.29) is 5.78 Å². The van der Waals surface area contributed by atoms with Crippen LogP contribution in [0.25, 0.3) is 0 Å². The quantitative estimate of drug-likeness (QED) is 0.695. The summed E-state index contributed by atoms with van der Waals surface area (Å²) in [5, 5.41) is 0. The van der Waals surface area contributed by atoms with Gasteiger partial charge in [-0.1, -0.05) is 0 Å². The number of rotatable bonds is 4. The molecule has 0 saturated carbocycles. The molecule has 0 saturated heterocycles. The van der Waals surface area contributed by atoms with Gasteiger partial charge >= 0.3 is 0 Å². The first kappa shape index (κ1) is 13.8. The molecule has 0 aliphatic carbocycles. The first-order valence-corrected chi connectivity index (χ1v) is 7.74. The summed E-state index contributed by atoms with van der Waals surface area (Å²) in [5.74, 6) is 0.772. The topological polar surface area (TPSA) is 26.3 Å². The molecule has 0 fully saturated rings. The first-order chi connectivity index (χ1) is 8.61. The SMILES string of the molecule is CCOc1ccc(C(=O)c2ccc(Br)s2)c(Br)c1. The number of halogens is 2. The fraction of sp³-hybridized carbons (Fsp3) is 0.154. The van der Waals surface area contributed by atoms with Crippen LogP contribution in [0.15, 0.2) is 38.6 Å². The number of ketones is 1. The number of thiophene rings is 1. The molecule has 94 valence electrons. The summed E-state index contributed by atoms with van der Waals surface area (Å²) >= 11 is 8.20. The number of carbonyl (C=O) groups excluding carboxylic acids is 1. The molecule has 0 aliphatic rings. The van der Waals surface area contributed by atoms with Gasteiger partial charge in [-0.3, -0.25) is 4.79 Å². The Balaban J connectivity index is 2.31. The van der Waals surface area contributed by atoms with Crippen LogP contribution in [-0.4, -0.2) is 12.4 Å². The fourth-order valence-corrected chi connectivity index (χ4v) is 3.38. The molecule has 1 heterocycles. The van der Waals surface area contributed by atoms with Crippen LogP contribution < -0.4 is 4.74 Å². The van der Waals surface area contributed by atoms with Crippen molar-refractivity contribution in [2.24, 2.45) is 0 Å². The Morgan fingerprint density at radius 2 is 2.06 bits per heavy atom. The van der Waals surface area contributed by atoms with Crippen LogP contribution in [0.1, 0.15) is 22.2 Å². The molecular formula is C13H10Br2O2S. The molecule has 1 aromatic heterocycles. The second kappa shape index (κ2) is 5.99. The van der Waals surface area contributed by atoms with Crippen LogP contribution in [0.5, 0.6) is 5.75 Å². The monoisotopic (exact) mass is 388 g/mol. The molecule has 2 nitrogen and oxygen atoms in total. The van der Waals surface area contributed by atoms with Gasteiger partial charge < -0.3 is 4.74 Å². The van der Waals surface area contributed by atoms with E-state index in [2.05, 4.69) is 31.9 Å². The molecule has 2 aromatic rings. The Morgan fingerprint density at radius 1 is 1.28 bits per heavy atom. The van der Waals surface area contributed by atoms with Gasteiger partial charge in [-0.15, -0.1) is 11.3 Å². The first-order valence-electron chi connectivity index (χ1n) is 5.34. The largest absolute Gasteiger partial charge is 0.494 e. The zero-order valence-corrected chi connectivity index (χ0v) is 13.6. The maximum absolute atomic E-state index is 12.3. The summed E-state index contributed by atoms with van der Waals surface area (Å²) in [6, 6.07) is 9.11. The number of hydrogen-bond donors (Lipinski definition) is 0. The van der Waals surface area contributed by atoms with Gasteiger partial charge in [0.25, 0.3) is 0 Å². The highest BCUT2D eigenvalue weighted by Crippen LogP contribution is 2.29. The molecule has 0 bridgehead atoms. The van der Waals surface area contributed by atoms with E-state index in [0.29, 0.717) is 17.0 Å². The average Bonchev–Trinajstić information content (AvgIpc) is 2.76. The fourth-order valence-electron chi connectivity index (χ4n) is 1.51. The van der Waals surface area contributed by atoms with Crippen molar-refractivity contribution in [2.45, 2.75) is 6.92 Å². The van der Waals surface area contributed by atoms with Crippen molar-refractivity contribution in [1.82, 2.24) is 0 Å². The molecule has 18 heavy (non-hydrogen) atoms. The van der Waals surface area contributed by atoms with Crippen LogP contribution in [0.3, 0.4) is 0 Å². The lowest BCUT2D eigenvalue weighted by atomic mass is 10.1. The van der Waals surface area contributed by atoms with Crippen molar-refractivity contribution in [1.29, 1.82) is 0 Å². The van der Waals surface area contributed by atoms with Gasteiger partial charge in [0.05, 0.1) is 15.3 Å². The Bertz CT molecular complexity index is 578. The third-order valence-corrected chi connectivity index (χ3v) is 4.57. The van der Waals surface area contributed by atoms with Crippen LogP contribution >= 0.6 is 43.2 Å². The van der Waals surface area contributed by atoms with Gasteiger partial charge in [0.1, 0.15) is 5.75 Å². The van der Waals surface area contributed by atoms with E-state index in [1.807, 2.05) is 31.2 Å². The number of ether oxygens (including phenoxy) is 1. The van der Waals surface area contributed by atoms with Gasteiger partial charge in [0.15, 0.2) is 0 Å². The van der Waals surface area contributed by atoms with Crippen LogP contribution in [0.4, 0.5) is 0 Å². The van der Waals surface area contributed by atoms with E-state index < -0.39 is 0 Å². The molecule has 0 N–H and O–H groups in total. The van der Waals surface area contributed by atoms with Crippen molar-refractivity contribution in [2.75, 3.05) is 6.61 Å². The predicted octanol–water partition coefficient (Wildman–Crippen LogP) is 4.90. The van der Waals surface area contributed by atoms with E-state index in [9.17, 15) is 4.79 Å². The summed E-state index contributed by atoms with van der Waals surface area (Å²) in [5.41, 5.74) is 0.646. The number of carbonyl (C=O) groups is 1. The third kappa shape index (κ3) is 3.02. The molecule has 0 spiro atoms. The summed E-state index contributed by atoms with van der Waals surface area (Å²) in [6.07, 6.45) is 0. The number of benzene rings is 1. The van der Waals surface area contributed by atoms with Crippen molar-refractivity contribution >= 4 is 49.0 Å². The van der Waals surface area contributed by atoms with Crippen LogP contribution in [0.2, 0.25) is 0 Å². The summed E-state index contributed by atoms with van der Waals surface area (Å²) in [7, 11) is 0. The molecule has 0 radical (unpaired) electrons. The van der Waals surface area contributed by atoms with Gasteiger partial charge in [0, 0.05) is 10.0 Å². The molecule has 2 rings (SSSR count). The van der Waals surface area contributed by atoms with Crippen LogP contribution in [-0.2, 0) is 0 Å². The van der Waals surface area contributed by atoms with Crippen molar-refractivity contribution in [3.63, 3.8) is 0 Å². The Labute approximate surface area is 126 Å². The Kier molecular flexibility index (Phi) is 4.59. The zero-order valence-electron chi connectivity index (χ0n) is 9.57. The zero-order chi connectivity index (χ0) is 13.1. The van der Waals surface area contributed by atoms with Crippen molar-refractivity contribution in [3.8, 4) is 5.75 Å². The highest BCUT2D eigenvalue weighted by Gasteiger charge is 2.15. The standard InChI is InChI=1S/C13H10Br2O2S/c1-2-17-8-3-4-9(10(14)7-8)13(16)11-5-6-12(15)18-11/h3-7H,2H2,1H3. The summed E-state index contributed by atoms with van der Waals surface area (Å²) in [6.45, 7) is 2.54. The normalized spacial score (nSPS) is 10.4. The van der Waals surface area contributed by atoms with E-state index in [1.54, 1.807) is 6.07 Å². The Hall–Kier alpha value is -0.650. The van der Waals surface area contributed by atoms with E-state index in [4.69, 9.17) is 4.74 Å². The second-order valence-corrected chi connectivity index (χ2v) is 6.82. The van der Waals surface area contributed by atoms with Crippen LogP contribution in [0, 0.1) is 0 Å². The van der Waals surface area contributed by atoms with Gasteiger partial charge in [0.2, 0.25) is 5.78 Å². The highest BCUT2D eigenvalue weighted by molar-refractivity contribution is 9.11. The molecule has 5 heteroatoms. The Morgan fingerprint density at radius 3 is 2.61 bits per heavy atom. The van der Waals surface area contributed by atoms with E-state index in [0.717, 1.165) is 14.0 Å². The molecule has 0 aliphatic heterocycles. The van der Waals surface area contributed by atoms with E-state index >= 15 is 0 Å². The van der Waals surface area contributed by atoms with Gasteiger partial charge in [-0.25, -0.2) is 0 Å². The molecule has 0 amide bonds. The maximum Gasteiger partial charge on any atom is 0.204 e. The third-order valence-electron chi connectivity index (χ3n) is 2.29. The minimum absolute atomic E-state index is 0.0145. The van der Waals surface area contributed by atoms with Crippen molar-refractivity contribution < 1.29 is 9.53 Å². The minimum atomic E-state index is 0.0145. The van der Waals surface area contributed by atoms with Gasteiger partial charge in [-0.2, -0.15) is 0 Å².